The summed E-state index contributed by atoms with van der Waals surface area (Å²) in [6.45, 7) is 0.956. The van der Waals surface area contributed by atoms with Crippen LogP contribution in [0.3, 0.4) is 0 Å². The topological polar surface area (TPSA) is 67.8 Å². The van der Waals surface area contributed by atoms with Gasteiger partial charge in [-0.05, 0) is 34.1 Å². The first-order chi connectivity index (χ1) is 9.04. The number of amides is 1. The lowest BCUT2D eigenvalue weighted by Crippen LogP contribution is -2.43. The second kappa shape index (κ2) is 5.90. The van der Waals surface area contributed by atoms with Gasteiger partial charge in [0, 0.05) is 24.0 Å². The summed E-state index contributed by atoms with van der Waals surface area (Å²) in [5.41, 5.74) is -0.483. The molecule has 1 aliphatic heterocycles. The molecule has 1 aliphatic rings. The van der Waals surface area contributed by atoms with Gasteiger partial charge in [0.1, 0.15) is 11.4 Å². The Morgan fingerprint density at radius 1 is 1.63 bits per heavy atom. The summed E-state index contributed by atoms with van der Waals surface area (Å²) in [4.78, 5) is 12.1. The maximum Gasteiger partial charge on any atom is 0.252 e. The van der Waals surface area contributed by atoms with Crippen LogP contribution in [0.1, 0.15) is 16.8 Å². The standard InChI is InChI=1S/C13H16BrNO4/c1-18-9-2-3-11(14)10(6-9)12(16)15-7-13(17)4-5-19-8-13/h2-3,6,17H,4-5,7-8H2,1H3,(H,15,16). The van der Waals surface area contributed by atoms with E-state index in [0.29, 0.717) is 28.8 Å². The highest BCUT2D eigenvalue weighted by Gasteiger charge is 2.32. The summed E-state index contributed by atoms with van der Waals surface area (Å²) < 4.78 is 10.9. The molecule has 1 fully saturated rings. The van der Waals surface area contributed by atoms with Crippen LogP contribution in [0.2, 0.25) is 0 Å². The predicted octanol–water partition coefficient (Wildman–Crippen LogP) is 1.34. The maximum atomic E-state index is 12.1. The van der Waals surface area contributed by atoms with Gasteiger partial charge < -0.3 is 19.9 Å². The molecule has 0 spiro atoms. The van der Waals surface area contributed by atoms with E-state index < -0.39 is 5.60 Å². The number of nitrogens with one attached hydrogen (secondary N) is 1. The van der Waals surface area contributed by atoms with Gasteiger partial charge in [-0.15, -0.1) is 0 Å². The Balaban J connectivity index is 2.03. The molecular formula is C13H16BrNO4. The number of aliphatic hydroxyl groups is 1. The van der Waals surface area contributed by atoms with Gasteiger partial charge in [0.25, 0.3) is 5.91 Å². The zero-order valence-corrected chi connectivity index (χ0v) is 12.2. The number of methoxy groups -OCH3 is 1. The number of hydrogen-bond donors (Lipinski definition) is 2. The summed E-state index contributed by atoms with van der Waals surface area (Å²) in [7, 11) is 1.55. The highest BCUT2D eigenvalue weighted by Crippen LogP contribution is 2.23. The van der Waals surface area contributed by atoms with Crippen LogP contribution in [0.5, 0.6) is 5.75 Å². The molecule has 19 heavy (non-hydrogen) atoms. The smallest absolute Gasteiger partial charge is 0.252 e. The van der Waals surface area contributed by atoms with E-state index in [4.69, 9.17) is 9.47 Å². The molecule has 0 bridgehead atoms. The molecule has 0 aliphatic carbocycles. The first-order valence-corrected chi connectivity index (χ1v) is 6.75. The monoisotopic (exact) mass is 329 g/mol. The van der Waals surface area contributed by atoms with Crippen molar-refractivity contribution in [1.82, 2.24) is 5.32 Å². The van der Waals surface area contributed by atoms with Crippen molar-refractivity contribution in [2.45, 2.75) is 12.0 Å². The largest absolute Gasteiger partial charge is 0.497 e. The Morgan fingerprint density at radius 3 is 3.05 bits per heavy atom. The van der Waals surface area contributed by atoms with Gasteiger partial charge >= 0.3 is 0 Å². The number of rotatable bonds is 4. The van der Waals surface area contributed by atoms with Crippen molar-refractivity contribution in [1.29, 1.82) is 0 Å². The molecule has 1 atom stereocenters. The van der Waals surface area contributed by atoms with Crippen LogP contribution in [-0.2, 0) is 4.74 Å². The fourth-order valence-electron chi connectivity index (χ4n) is 1.88. The van der Waals surface area contributed by atoms with E-state index in [-0.39, 0.29) is 19.1 Å². The molecule has 2 N–H and O–H groups in total. The molecule has 5 nitrogen and oxygen atoms in total. The summed E-state index contributed by atoms with van der Waals surface area (Å²) in [6.07, 6.45) is 0.534. The third-order valence-electron chi connectivity index (χ3n) is 3.08. The van der Waals surface area contributed by atoms with Crippen LogP contribution >= 0.6 is 15.9 Å². The summed E-state index contributed by atoms with van der Waals surface area (Å²) in [5, 5.41) is 12.8. The highest BCUT2D eigenvalue weighted by atomic mass is 79.9. The fourth-order valence-corrected chi connectivity index (χ4v) is 2.31. The summed E-state index contributed by atoms with van der Waals surface area (Å²) in [5.74, 6) is 0.349. The van der Waals surface area contributed by atoms with Crippen molar-refractivity contribution in [3.63, 3.8) is 0 Å². The van der Waals surface area contributed by atoms with Crippen LogP contribution in [0.4, 0.5) is 0 Å². The summed E-state index contributed by atoms with van der Waals surface area (Å²) in [6, 6.07) is 5.16. The third-order valence-corrected chi connectivity index (χ3v) is 3.77. The van der Waals surface area contributed by atoms with Gasteiger partial charge in [0.15, 0.2) is 0 Å². The van der Waals surface area contributed by atoms with Crippen LogP contribution in [-0.4, -0.2) is 43.5 Å². The molecule has 1 amide bonds. The Hall–Kier alpha value is -1.11. The SMILES string of the molecule is COc1ccc(Br)c(C(=O)NCC2(O)CCOC2)c1. The number of carbonyl (C=O) groups is 1. The van der Waals surface area contributed by atoms with Gasteiger partial charge in [0.2, 0.25) is 0 Å². The second-order valence-electron chi connectivity index (χ2n) is 4.56. The quantitative estimate of drug-likeness (QED) is 0.874. The van der Waals surface area contributed by atoms with Crippen LogP contribution < -0.4 is 10.1 Å². The molecule has 1 aromatic rings. The Bertz CT molecular complexity index is 472. The van der Waals surface area contributed by atoms with E-state index in [1.54, 1.807) is 25.3 Å². The maximum absolute atomic E-state index is 12.1. The fraction of sp³-hybridized carbons (Fsp3) is 0.462. The van der Waals surface area contributed by atoms with Gasteiger partial charge in [-0.25, -0.2) is 0 Å². The van der Waals surface area contributed by atoms with E-state index in [2.05, 4.69) is 21.2 Å². The molecule has 2 rings (SSSR count). The summed E-state index contributed by atoms with van der Waals surface area (Å²) >= 11 is 3.32. The van der Waals surface area contributed by atoms with Gasteiger partial charge in [0.05, 0.1) is 19.3 Å². The molecule has 1 heterocycles. The van der Waals surface area contributed by atoms with Crippen LogP contribution in [0.25, 0.3) is 0 Å². The van der Waals surface area contributed by atoms with Gasteiger partial charge in [-0.2, -0.15) is 0 Å². The van der Waals surface area contributed by atoms with Crippen molar-refractivity contribution in [3.8, 4) is 5.75 Å². The number of halogens is 1. The Labute approximate surface area is 120 Å². The van der Waals surface area contributed by atoms with Crippen molar-refractivity contribution >= 4 is 21.8 Å². The number of carbonyl (C=O) groups excluding carboxylic acids is 1. The minimum absolute atomic E-state index is 0.176. The molecule has 0 saturated carbocycles. The lowest BCUT2D eigenvalue weighted by molar-refractivity contribution is 0.0264. The zero-order valence-electron chi connectivity index (χ0n) is 10.6. The first kappa shape index (κ1) is 14.3. The average molecular weight is 330 g/mol. The molecule has 1 unspecified atom stereocenters. The normalized spacial score (nSPS) is 22.3. The third kappa shape index (κ3) is 3.46. The second-order valence-corrected chi connectivity index (χ2v) is 5.41. The molecular weight excluding hydrogens is 314 g/mol. The molecule has 0 radical (unpaired) electrons. The van der Waals surface area contributed by atoms with E-state index in [9.17, 15) is 9.90 Å². The molecule has 1 saturated heterocycles. The first-order valence-electron chi connectivity index (χ1n) is 5.96. The zero-order chi connectivity index (χ0) is 13.9. The molecule has 1 aromatic carbocycles. The minimum atomic E-state index is -0.957. The number of benzene rings is 1. The van der Waals surface area contributed by atoms with E-state index in [0.717, 1.165) is 0 Å². The van der Waals surface area contributed by atoms with Crippen molar-refractivity contribution in [2.24, 2.45) is 0 Å². The van der Waals surface area contributed by atoms with E-state index >= 15 is 0 Å². The minimum Gasteiger partial charge on any atom is -0.497 e. The van der Waals surface area contributed by atoms with Crippen LogP contribution in [0.15, 0.2) is 22.7 Å². The van der Waals surface area contributed by atoms with Crippen molar-refractivity contribution in [2.75, 3.05) is 26.9 Å². The van der Waals surface area contributed by atoms with Crippen molar-refractivity contribution < 1.29 is 19.4 Å². The van der Waals surface area contributed by atoms with Crippen molar-refractivity contribution in [3.05, 3.63) is 28.2 Å². The van der Waals surface area contributed by atoms with E-state index in [1.165, 1.54) is 0 Å². The molecule has 0 aromatic heterocycles. The van der Waals surface area contributed by atoms with Crippen LogP contribution in [0, 0.1) is 0 Å². The molecule has 6 heteroatoms. The lowest BCUT2D eigenvalue weighted by atomic mass is 10.0. The van der Waals surface area contributed by atoms with E-state index in [1.807, 2.05) is 0 Å². The van der Waals surface area contributed by atoms with Gasteiger partial charge in [-0.1, -0.05) is 0 Å². The average Bonchev–Trinajstić information content (AvgIpc) is 2.84. The lowest BCUT2D eigenvalue weighted by Gasteiger charge is -2.20. The number of hydrogen-bond acceptors (Lipinski definition) is 4. The number of ether oxygens (including phenoxy) is 2. The Kier molecular flexibility index (Phi) is 4.44. The van der Waals surface area contributed by atoms with Gasteiger partial charge in [-0.3, -0.25) is 4.79 Å². The highest BCUT2D eigenvalue weighted by molar-refractivity contribution is 9.10. The molecule has 104 valence electrons. The Morgan fingerprint density at radius 2 is 2.42 bits per heavy atom. The predicted molar refractivity (Wildman–Crippen MR) is 73.4 cm³/mol.